The molecule has 1 aliphatic carbocycles. The predicted octanol–water partition coefficient (Wildman–Crippen LogP) is 6.10. The zero-order valence-corrected chi connectivity index (χ0v) is 40.2. The number of cyclic esters (lactones) is 1. The molecule has 0 radical (unpaired) electrons. The maximum Gasteiger partial charge on any atom is 0.472 e. The number of phosphoric acid groups is 1. The first kappa shape index (κ1) is 59.6. The van der Waals surface area contributed by atoms with E-state index in [9.17, 15) is 59.9 Å². The Hall–Kier alpha value is -2.57. The molecule has 1 unspecified atom stereocenters. The molecule has 66 heavy (non-hydrogen) atoms. The second-order valence-corrected chi connectivity index (χ2v) is 19.0. The lowest BCUT2D eigenvalue weighted by Crippen LogP contribution is -2.55. The van der Waals surface area contributed by atoms with Gasteiger partial charge in [-0.25, -0.2) is 4.57 Å². The summed E-state index contributed by atoms with van der Waals surface area (Å²) in [6.45, 7) is 2.78. The van der Waals surface area contributed by atoms with E-state index in [4.69, 9.17) is 18.5 Å². The molecule has 2 rings (SSSR count). The van der Waals surface area contributed by atoms with Gasteiger partial charge in [-0.1, -0.05) is 126 Å². The number of rotatable bonds is 22. The third kappa shape index (κ3) is 24.6. The zero-order chi connectivity index (χ0) is 48.7. The Kier molecular flexibility index (Phi) is 31.3. The first-order chi connectivity index (χ1) is 31.6. The summed E-state index contributed by atoms with van der Waals surface area (Å²) >= 11 is 0. The highest BCUT2D eigenvalue weighted by atomic mass is 31.2. The number of aliphatic hydroxyl groups is 8. The van der Waals surface area contributed by atoms with Crippen LogP contribution < -0.4 is 0 Å². The number of carbonyl (C=O) groups is 2. The minimum Gasteiger partial charge on any atom is -0.462 e. The average Bonchev–Trinajstić information content (AvgIpc) is 3.28. The fourth-order valence-electron chi connectivity index (χ4n) is 7.90. The maximum absolute atomic E-state index is 13.5. The van der Waals surface area contributed by atoms with Crippen molar-refractivity contribution in [3.63, 3.8) is 0 Å². The third-order valence-electron chi connectivity index (χ3n) is 11.9. The number of unbranched alkanes of at least 4 members (excludes halogenated alkanes) is 6. The van der Waals surface area contributed by atoms with Crippen LogP contribution in [0.5, 0.6) is 0 Å². The van der Waals surface area contributed by atoms with E-state index >= 15 is 0 Å². The van der Waals surface area contributed by atoms with Crippen molar-refractivity contribution in [3.05, 3.63) is 60.8 Å². The van der Waals surface area contributed by atoms with Gasteiger partial charge in [0.1, 0.15) is 31.0 Å². The van der Waals surface area contributed by atoms with E-state index in [2.05, 4.69) is 43.4 Å². The fourth-order valence-corrected chi connectivity index (χ4v) is 8.88. The van der Waals surface area contributed by atoms with Crippen molar-refractivity contribution in [2.75, 3.05) is 13.2 Å². The van der Waals surface area contributed by atoms with Gasteiger partial charge in [0.2, 0.25) is 0 Å². The molecule has 9 N–H and O–H groups in total. The molecule has 0 spiro atoms. The second kappa shape index (κ2) is 34.7. The maximum atomic E-state index is 13.5. The standard InChI is InChI=1S/C49H83O16P/c1-3-5-7-8-9-10-11-12-13-14-15-16-17-18-19-20-25-29-42(53)62-34-37-35-63-66(60,61)65-49-47(58)45(56)39(32-31-36(50)27-23-6-4-2)41(52)33-40(51)38(44(55)46(57)48(49)59)28-24-21-22-26-30-43(54)64-37/h9-10,12-13,15-16,18-19,31-32,36-41,44-52,55-59H,3-8,11,14,17,20-30,33-35H2,1-2H3,(H,60,61)/b10-9-,13-12-,16-15-,19-18-,32-31+/t36-,37+,38-,39-,40-,41+,44+,45+,46-,47+,48+,49+/m0/s1. The van der Waals surface area contributed by atoms with Gasteiger partial charge in [-0.05, 0) is 64.2 Å². The minimum atomic E-state index is -5.44. The van der Waals surface area contributed by atoms with E-state index in [-0.39, 0.29) is 19.3 Å². The van der Waals surface area contributed by atoms with Crippen LogP contribution in [0, 0.1) is 11.8 Å². The van der Waals surface area contributed by atoms with Crippen LogP contribution in [0.2, 0.25) is 0 Å². The molecule has 2 fully saturated rings. The molecule has 16 nitrogen and oxygen atoms in total. The summed E-state index contributed by atoms with van der Waals surface area (Å²) in [5.74, 6) is -3.95. The molecule has 1 saturated heterocycles. The van der Waals surface area contributed by atoms with E-state index in [1.807, 2.05) is 19.1 Å². The second-order valence-electron chi connectivity index (χ2n) is 17.6. The Morgan fingerprint density at radius 1 is 0.742 bits per heavy atom. The molecule has 1 aliphatic heterocycles. The van der Waals surface area contributed by atoms with Crippen molar-refractivity contribution in [1.29, 1.82) is 0 Å². The van der Waals surface area contributed by atoms with Gasteiger partial charge in [0.15, 0.2) is 6.10 Å². The number of ether oxygens (including phenoxy) is 2. The van der Waals surface area contributed by atoms with Crippen molar-refractivity contribution in [2.24, 2.45) is 11.8 Å². The largest absolute Gasteiger partial charge is 0.472 e. The van der Waals surface area contributed by atoms with E-state index in [0.29, 0.717) is 51.4 Å². The lowest BCUT2D eigenvalue weighted by atomic mass is 9.82. The quantitative estimate of drug-likeness (QED) is 0.0257. The number of aliphatic hydroxyl groups excluding tert-OH is 8. The van der Waals surface area contributed by atoms with Crippen LogP contribution in [0.3, 0.4) is 0 Å². The summed E-state index contributed by atoms with van der Waals surface area (Å²) < 4.78 is 34.7. The van der Waals surface area contributed by atoms with Crippen molar-refractivity contribution in [3.8, 4) is 0 Å². The van der Waals surface area contributed by atoms with Crippen LogP contribution in [0.1, 0.15) is 149 Å². The Morgan fingerprint density at radius 2 is 1.33 bits per heavy atom. The van der Waals surface area contributed by atoms with Gasteiger partial charge < -0.3 is 55.2 Å². The van der Waals surface area contributed by atoms with Crippen molar-refractivity contribution in [1.82, 2.24) is 0 Å². The molecular formula is C49H83O16P. The normalized spacial score (nSPS) is 32.3. The summed E-state index contributed by atoms with van der Waals surface area (Å²) in [5.41, 5.74) is 0. The van der Waals surface area contributed by atoms with E-state index in [0.717, 1.165) is 38.5 Å². The van der Waals surface area contributed by atoms with Crippen LogP contribution in [0.25, 0.3) is 0 Å². The highest BCUT2D eigenvalue weighted by Crippen LogP contribution is 2.47. The van der Waals surface area contributed by atoms with Gasteiger partial charge in [-0.2, -0.15) is 0 Å². The smallest absolute Gasteiger partial charge is 0.462 e. The van der Waals surface area contributed by atoms with Crippen molar-refractivity contribution in [2.45, 2.75) is 210 Å². The molecule has 0 aromatic rings. The monoisotopic (exact) mass is 959 g/mol. The number of fused-ring (bicyclic) bond motifs is 4. The molecule has 380 valence electrons. The zero-order valence-electron chi connectivity index (χ0n) is 39.3. The van der Waals surface area contributed by atoms with Gasteiger partial charge in [-0.3, -0.25) is 18.6 Å². The SMILES string of the molecule is CCCCC/C=C\C/C=C\C/C=C\C/C=C\CCCC(=O)OC[C@@H]1COP(=O)(O)O[C@H]2[C@H](O)[C@@H](O)[C@H](O)[C@@H](CCCCCCC(=O)O1)[C@@H](O)C[C@@H](O)[C@H](/C=C/[C@@H](O)CCCCC)[C@@H](O)[C@H]2O. The topological polar surface area (TPSA) is 270 Å². The summed E-state index contributed by atoms with van der Waals surface area (Å²) in [5, 5.41) is 90.1. The number of carbonyl (C=O) groups excluding carboxylic acids is 2. The lowest BCUT2D eigenvalue weighted by molar-refractivity contribution is -0.167. The Bertz CT molecular complexity index is 1520. The summed E-state index contributed by atoms with van der Waals surface area (Å²) in [7, 11) is -5.44. The van der Waals surface area contributed by atoms with Gasteiger partial charge in [0, 0.05) is 31.1 Å². The van der Waals surface area contributed by atoms with Crippen molar-refractivity contribution < 1.29 is 78.4 Å². The predicted molar refractivity (Wildman–Crippen MR) is 251 cm³/mol. The average molecular weight is 959 g/mol. The van der Waals surface area contributed by atoms with Gasteiger partial charge >= 0.3 is 19.8 Å². The number of hydrogen-bond donors (Lipinski definition) is 9. The molecule has 0 aromatic carbocycles. The Balaban J connectivity index is 2.14. The van der Waals surface area contributed by atoms with Gasteiger partial charge in [0.05, 0.1) is 37.1 Å². The van der Waals surface area contributed by atoms with Crippen LogP contribution in [-0.4, -0.2) is 132 Å². The summed E-state index contributed by atoms with van der Waals surface area (Å²) in [6, 6.07) is 0. The molecule has 2 bridgehead atoms. The van der Waals surface area contributed by atoms with E-state index in [1.54, 1.807) is 0 Å². The molecular weight excluding hydrogens is 875 g/mol. The Morgan fingerprint density at radius 3 is 1.98 bits per heavy atom. The molecule has 0 aromatic heterocycles. The third-order valence-corrected chi connectivity index (χ3v) is 12.9. The van der Waals surface area contributed by atoms with Crippen LogP contribution >= 0.6 is 7.82 Å². The Labute approximate surface area is 392 Å². The summed E-state index contributed by atoms with van der Waals surface area (Å²) in [4.78, 5) is 36.4. The number of phosphoric ester groups is 1. The van der Waals surface area contributed by atoms with E-state index < -0.39 is 112 Å². The molecule has 17 heteroatoms. The molecule has 13 atom stereocenters. The van der Waals surface area contributed by atoms with Crippen LogP contribution in [-0.2, 0) is 32.7 Å². The fraction of sp³-hybridized carbons (Fsp3) is 0.755. The first-order valence-electron chi connectivity index (χ1n) is 24.3. The van der Waals surface area contributed by atoms with E-state index in [1.165, 1.54) is 31.4 Å². The minimum absolute atomic E-state index is 0.0374. The molecule has 0 amide bonds. The van der Waals surface area contributed by atoms with Gasteiger partial charge in [0.25, 0.3) is 0 Å². The number of allylic oxidation sites excluding steroid dienone is 8. The highest BCUT2D eigenvalue weighted by molar-refractivity contribution is 7.47. The number of esters is 2. The highest BCUT2D eigenvalue weighted by Gasteiger charge is 2.49. The lowest BCUT2D eigenvalue weighted by Gasteiger charge is -2.37. The molecule has 2 aliphatic rings. The van der Waals surface area contributed by atoms with Crippen LogP contribution in [0.4, 0.5) is 0 Å². The molecule has 1 saturated carbocycles. The summed E-state index contributed by atoms with van der Waals surface area (Å²) in [6.07, 6.45) is 13.1. The molecule has 1 heterocycles. The first-order valence-corrected chi connectivity index (χ1v) is 25.8. The number of hydrogen-bond acceptors (Lipinski definition) is 15. The van der Waals surface area contributed by atoms with Gasteiger partial charge in [-0.15, -0.1) is 0 Å². The van der Waals surface area contributed by atoms with Crippen LogP contribution in [0.15, 0.2) is 60.8 Å². The van der Waals surface area contributed by atoms with Crippen molar-refractivity contribution >= 4 is 19.8 Å².